The normalized spacial score (nSPS) is 10.3. The average Bonchev–Trinajstić information content (AvgIpc) is 2.28. The summed E-state index contributed by atoms with van der Waals surface area (Å²) in [6.45, 7) is 2.81. The molecule has 82 valence electrons. The molecule has 4 heteroatoms. The predicted octanol–water partition coefficient (Wildman–Crippen LogP) is 2.30. The zero-order valence-electron chi connectivity index (χ0n) is 9.03. The second-order valence-electron chi connectivity index (χ2n) is 3.47. The number of pyridine rings is 1. The lowest BCUT2D eigenvalue weighted by atomic mass is 10.1. The van der Waals surface area contributed by atoms with Crippen LogP contribution in [0.2, 0.25) is 0 Å². The maximum absolute atomic E-state index is 5.69. The lowest BCUT2D eigenvalue weighted by Crippen LogP contribution is -2.14. The monoisotopic (exact) mass is 231 g/mol. The third kappa shape index (κ3) is 1.97. The van der Waals surface area contributed by atoms with Gasteiger partial charge in [0.05, 0.1) is 11.1 Å². The van der Waals surface area contributed by atoms with Gasteiger partial charge in [-0.25, -0.2) is 4.98 Å². The zero-order chi connectivity index (χ0) is 11.5. The highest BCUT2D eigenvalue weighted by molar-refractivity contribution is 7.80. The van der Waals surface area contributed by atoms with Crippen molar-refractivity contribution in [2.75, 3.05) is 11.9 Å². The Balaban J connectivity index is 2.65. The number of thiocarbonyl (C=S) groups is 1. The molecule has 1 aromatic carbocycles. The molecular formula is C12H13N3S. The van der Waals surface area contributed by atoms with Crippen LogP contribution in [0.5, 0.6) is 0 Å². The van der Waals surface area contributed by atoms with Crippen LogP contribution < -0.4 is 11.1 Å². The smallest absolute Gasteiger partial charge is 0.136 e. The summed E-state index contributed by atoms with van der Waals surface area (Å²) >= 11 is 5.02. The van der Waals surface area contributed by atoms with Crippen LogP contribution in [0.4, 0.5) is 5.82 Å². The molecule has 0 fully saturated rings. The lowest BCUT2D eigenvalue weighted by Gasteiger charge is -2.10. The second-order valence-corrected chi connectivity index (χ2v) is 3.91. The number of nitrogens with one attached hydrogen (secondary N) is 1. The number of hydrogen-bond acceptors (Lipinski definition) is 3. The summed E-state index contributed by atoms with van der Waals surface area (Å²) in [5.41, 5.74) is 7.43. The van der Waals surface area contributed by atoms with Gasteiger partial charge < -0.3 is 11.1 Å². The molecule has 0 unspecified atom stereocenters. The molecule has 0 spiro atoms. The first kappa shape index (κ1) is 10.8. The van der Waals surface area contributed by atoms with Crippen LogP contribution in [-0.2, 0) is 0 Å². The zero-order valence-corrected chi connectivity index (χ0v) is 9.84. The number of para-hydroxylation sites is 1. The third-order valence-corrected chi connectivity index (χ3v) is 2.55. The lowest BCUT2D eigenvalue weighted by molar-refractivity contribution is 1.17. The minimum absolute atomic E-state index is 0.370. The van der Waals surface area contributed by atoms with Crippen molar-refractivity contribution in [3.63, 3.8) is 0 Å². The molecule has 3 N–H and O–H groups in total. The van der Waals surface area contributed by atoms with Crippen molar-refractivity contribution < 1.29 is 0 Å². The molecule has 0 saturated carbocycles. The Hall–Kier alpha value is -1.68. The number of anilines is 1. The number of nitrogens with two attached hydrogens (primary N) is 1. The molecule has 0 aliphatic carbocycles. The van der Waals surface area contributed by atoms with E-state index in [0.717, 1.165) is 28.8 Å². The molecule has 0 radical (unpaired) electrons. The van der Waals surface area contributed by atoms with Crippen molar-refractivity contribution in [2.24, 2.45) is 5.73 Å². The molecular weight excluding hydrogens is 218 g/mol. The number of aromatic nitrogens is 1. The topological polar surface area (TPSA) is 50.9 Å². The number of rotatable bonds is 3. The van der Waals surface area contributed by atoms with E-state index in [4.69, 9.17) is 18.0 Å². The van der Waals surface area contributed by atoms with E-state index in [1.165, 1.54) is 0 Å². The van der Waals surface area contributed by atoms with Gasteiger partial charge in [0.15, 0.2) is 0 Å². The van der Waals surface area contributed by atoms with Crippen LogP contribution in [0.15, 0.2) is 30.3 Å². The first-order chi connectivity index (χ1) is 7.72. The second kappa shape index (κ2) is 4.45. The van der Waals surface area contributed by atoms with Gasteiger partial charge in [-0.3, -0.25) is 0 Å². The minimum Gasteiger partial charge on any atom is -0.389 e. The largest absolute Gasteiger partial charge is 0.389 e. The van der Waals surface area contributed by atoms with E-state index in [0.29, 0.717) is 4.99 Å². The van der Waals surface area contributed by atoms with Gasteiger partial charge in [0.25, 0.3) is 0 Å². The highest BCUT2D eigenvalue weighted by Crippen LogP contribution is 2.20. The molecule has 3 nitrogen and oxygen atoms in total. The molecule has 0 amide bonds. The van der Waals surface area contributed by atoms with E-state index >= 15 is 0 Å². The quantitative estimate of drug-likeness (QED) is 0.796. The van der Waals surface area contributed by atoms with Gasteiger partial charge in [-0.05, 0) is 19.1 Å². The Morgan fingerprint density at radius 3 is 2.88 bits per heavy atom. The third-order valence-electron chi connectivity index (χ3n) is 2.33. The summed E-state index contributed by atoms with van der Waals surface area (Å²) in [6.07, 6.45) is 0. The summed E-state index contributed by atoms with van der Waals surface area (Å²) in [6, 6.07) is 9.88. The SMILES string of the molecule is CCNc1nc2ccccc2cc1C(N)=S. The molecule has 0 bridgehead atoms. The Bertz CT molecular complexity index is 537. The van der Waals surface area contributed by atoms with E-state index in [9.17, 15) is 0 Å². The molecule has 0 aliphatic heterocycles. The number of benzene rings is 1. The van der Waals surface area contributed by atoms with Gasteiger partial charge in [0.1, 0.15) is 10.8 Å². The minimum atomic E-state index is 0.370. The number of nitrogens with zero attached hydrogens (tertiary/aromatic N) is 1. The van der Waals surface area contributed by atoms with Gasteiger partial charge >= 0.3 is 0 Å². The van der Waals surface area contributed by atoms with Crippen molar-refractivity contribution in [3.8, 4) is 0 Å². The van der Waals surface area contributed by atoms with Crippen molar-refractivity contribution >= 4 is 33.9 Å². The van der Waals surface area contributed by atoms with Crippen LogP contribution in [0.1, 0.15) is 12.5 Å². The summed E-state index contributed by atoms with van der Waals surface area (Å²) in [5, 5.41) is 4.22. The fraction of sp³-hybridized carbons (Fsp3) is 0.167. The summed E-state index contributed by atoms with van der Waals surface area (Å²) in [7, 11) is 0. The van der Waals surface area contributed by atoms with Gasteiger partial charge in [-0.15, -0.1) is 0 Å². The van der Waals surface area contributed by atoms with Crippen LogP contribution >= 0.6 is 12.2 Å². The van der Waals surface area contributed by atoms with Crippen LogP contribution in [0.25, 0.3) is 10.9 Å². The van der Waals surface area contributed by atoms with E-state index < -0.39 is 0 Å². The molecule has 0 aliphatic rings. The average molecular weight is 231 g/mol. The van der Waals surface area contributed by atoms with Crippen molar-refractivity contribution in [3.05, 3.63) is 35.9 Å². The van der Waals surface area contributed by atoms with Gasteiger partial charge in [-0.1, -0.05) is 30.4 Å². The standard InChI is InChI=1S/C12H13N3S/c1-2-14-12-9(11(13)16)7-8-5-3-4-6-10(8)15-12/h3-7H,2H2,1H3,(H2,13,16)(H,14,15). The fourth-order valence-corrected chi connectivity index (χ4v) is 1.76. The summed E-state index contributed by atoms with van der Waals surface area (Å²) < 4.78 is 0. The fourth-order valence-electron chi connectivity index (χ4n) is 1.61. The van der Waals surface area contributed by atoms with E-state index in [1.54, 1.807) is 0 Å². The van der Waals surface area contributed by atoms with Crippen molar-refractivity contribution in [1.82, 2.24) is 4.98 Å². The Kier molecular flexibility index (Phi) is 3.01. The van der Waals surface area contributed by atoms with Gasteiger partial charge in [0, 0.05) is 11.9 Å². The highest BCUT2D eigenvalue weighted by atomic mass is 32.1. The predicted molar refractivity (Wildman–Crippen MR) is 71.8 cm³/mol. The Labute approximate surface area is 99.7 Å². The van der Waals surface area contributed by atoms with Gasteiger partial charge in [-0.2, -0.15) is 0 Å². The highest BCUT2D eigenvalue weighted by Gasteiger charge is 2.07. The summed E-state index contributed by atoms with van der Waals surface area (Å²) in [4.78, 5) is 4.88. The van der Waals surface area contributed by atoms with E-state index in [1.807, 2.05) is 37.3 Å². The Morgan fingerprint density at radius 2 is 2.19 bits per heavy atom. The van der Waals surface area contributed by atoms with Crippen molar-refractivity contribution in [2.45, 2.75) is 6.92 Å². The molecule has 0 atom stereocenters. The summed E-state index contributed by atoms with van der Waals surface area (Å²) in [5.74, 6) is 0.758. The molecule has 2 aromatic rings. The maximum Gasteiger partial charge on any atom is 0.136 e. The number of fused-ring (bicyclic) bond motifs is 1. The van der Waals surface area contributed by atoms with Crippen LogP contribution in [0, 0.1) is 0 Å². The van der Waals surface area contributed by atoms with E-state index in [2.05, 4.69) is 10.3 Å². The molecule has 1 heterocycles. The molecule has 16 heavy (non-hydrogen) atoms. The number of hydrogen-bond donors (Lipinski definition) is 2. The molecule has 2 rings (SSSR count). The molecule has 0 saturated heterocycles. The first-order valence-electron chi connectivity index (χ1n) is 5.16. The first-order valence-corrected chi connectivity index (χ1v) is 5.56. The maximum atomic E-state index is 5.69. The molecule has 1 aromatic heterocycles. The van der Waals surface area contributed by atoms with E-state index in [-0.39, 0.29) is 0 Å². The van der Waals surface area contributed by atoms with Crippen LogP contribution in [0.3, 0.4) is 0 Å². The van der Waals surface area contributed by atoms with Gasteiger partial charge in [0.2, 0.25) is 0 Å². The van der Waals surface area contributed by atoms with Crippen molar-refractivity contribution in [1.29, 1.82) is 0 Å². The Morgan fingerprint density at radius 1 is 1.44 bits per heavy atom. The van der Waals surface area contributed by atoms with Crippen LogP contribution in [-0.4, -0.2) is 16.5 Å².